The monoisotopic (exact) mass is 340 g/mol. The van der Waals surface area contributed by atoms with Gasteiger partial charge in [0.25, 0.3) is 0 Å². The molecule has 1 aromatic carbocycles. The van der Waals surface area contributed by atoms with Gasteiger partial charge in [0, 0.05) is 37.3 Å². The van der Waals surface area contributed by atoms with E-state index in [2.05, 4.69) is 24.1 Å². The van der Waals surface area contributed by atoms with E-state index in [4.69, 9.17) is 16.3 Å². The number of halogens is 1. The molecule has 0 aliphatic heterocycles. The van der Waals surface area contributed by atoms with Crippen molar-refractivity contribution in [3.8, 4) is 5.75 Å². The van der Waals surface area contributed by atoms with Crippen LogP contribution in [0, 0.1) is 0 Å². The molecule has 1 atom stereocenters. The minimum absolute atomic E-state index is 0.117. The van der Waals surface area contributed by atoms with Gasteiger partial charge in [0.2, 0.25) is 5.91 Å². The molecule has 23 heavy (non-hydrogen) atoms. The molecular weight excluding hydrogens is 316 g/mol. The van der Waals surface area contributed by atoms with Crippen LogP contribution in [0.25, 0.3) is 0 Å². The van der Waals surface area contributed by atoms with Crippen molar-refractivity contribution in [2.45, 2.75) is 32.9 Å². The summed E-state index contributed by atoms with van der Waals surface area (Å²) in [7, 11) is 0. The highest BCUT2D eigenvalue weighted by Crippen LogP contribution is 2.16. The lowest BCUT2D eigenvalue weighted by molar-refractivity contribution is -0.114. The first-order chi connectivity index (χ1) is 10.9. The number of hydrogen-bond donors (Lipinski definition) is 2. The predicted octanol–water partition coefficient (Wildman–Crippen LogP) is 2.85. The number of carbonyl (C=O) groups is 1. The second kappa shape index (κ2) is 10.3. The first-order valence-electron chi connectivity index (χ1n) is 7.60. The second-order valence-electron chi connectivity index (χ2n) is 5.58. The molecule has 0 saturated carbocycles. The highest BCUT2D eigenvalue weighted by molar-refractivity contribution is 6.25. The summed E-state index contributed by atoms with van der Waals surface area (Å²) in [6.45, 7) is 6.98. The Morgan fingerprint density at radius 2 is 2.04 bits per heavy atom. The predicted molar refractivity (Wildman–Crippen MR) is 93.9 cm³/mol. The fourth-order valence-corrected chi connectivity index (χ4v) is 2.10. The number of carbonyl (C=O) groups excluding carboxylic acids is 1. The quantitative estimate of drug-likeness (QED) is 0.725. The molecule has 0 aliphatic carbocycles. The van der Waals surface area contributed by atoms with E-state index in [1.165, 1.54) is 12.5 Å². The van der Waals surface area contributed by atoms with Crippen molar-refractivity contribution in [1.82, 2.24) is 4.90 Å². The van der Waals surface area contributed by atoms with E-state index in [0.29, 0.717) is 30.6 Å². The van der Waals surface area contributed by atoms with Gasteiger partial charge in [-0.1, -0.05) is 17.7 Å². The van der Waals surface area contributed by atoms with Crippen LogP contribution >= 0.6 is 11.6 Å². The zero-order valence-electron chi connectivity index (χ0n) is 13.8. The molecule has 0 fully saturated rings. The van der Waals surface area contributed by atoms with Crippen LogP contribution in [0.4, 0.5) is 5.69 Å². The molecule has 0 heterocycles. The Morgan fingerprint density at radius 1 is 1.39 bits per heavy atom. The fourth-order valence-electron chi connectivity index (χ4n) is 2.02. The number of aliphatic hydroxyl groups is 1. The second-order valence-corrected chi connectivity index (χ2v) is 5.83. The molecule has 1 aromatic rings. The summed E-state index contributed by atoms with van der Waals surface area (Å²) in [6.07, 6.45) is 1.24. The van der Waals surface area contributed by atoms with Crippen LogP contribution in [0.15, 0.2) is 35.9 Å². The summed E-state index contributed by atoms with van der Waals surface area (Å²) in [6, 6.07) is 7.33. The molecule has 0 aromatic heterocycles. The van der Waals surface area contributed by atoms with Crippen molar-refractivity contribution in [3.63, 3.8) is 0 Å². The van der Waals surface area contributed by atoms with Gasteiger partial charge in [-0.15, -0.1) is 0 Å². The van der Waals surface area contributed by atoms with Crippen molar-refractivity contribution < 1.29 is 14.6 Å². The highest BCUT2D eigenvalue weighted by Gasteiger charge is 2.14. The van der Waals surface area contributed by atoms with E-state index in [-0.39, 0.29) is 12.5 Å². The third kappa shape index (κ3) is 8.02. The van der Waals surface area contributed by atoms with Gasteiger partial charge in [-0.05, 0) is 38.1 Å². The van der Waals surface area contributed by atoms with Crippen LogP contribution in [0.1, 0.15) is 20.8 Å². The van der Waals surface area contributed by atoms with E-state index in [1.807, 2.05) is 6.08 Å². The summed E-state index contributed by atoms with van der Waals surface area (Å²) in [5.74, 6) is 0.531. The number of rotatable bonds is 9. The number of hydrogen-bond acceptors (Lipinski definition) is 4. The van der Waals surface area contributed by atoms with Gasteiger partial charge in [-0.25, -0.2) is 0 Å². The summed E-state index contributed by atoms with van der Waals surface area (Å²) >= 11 is 5.55. The van der Waals surface area contributed by atoms with Crippen molar-refractivity contribution in [3.05, 3.63) is 35.9 Å². The first kappa shape index (κ1) is 19.5. The molecule has 5 nitrogen and oxygen atoms in total. The Morgan fingerprint density at radius 3 is 2.57 bits per heavy atom. The molecule has 0 spiro atoms. The van der Waals surface area contributed by atoms with Gasteiger partial charge in [-0.3, -0.25) is 9.69 Å². The molecule has 2 N–H and O–H groups in total. The average molecular weight is 341 g/mol. The maximum Gasteiger partial charge on any atom is 0.221 e. The molecular formula is C17H25ClN2O3. The van der Waals surface area contributed by atoms with E-state index in [1.54, 1.807) is 24.3 Å². The number of amides is 1. The molecule has 6 heteroatoms. The van der Waals surface area contributed by atoms with E-state index >= 15 is 0 Å². The zero-order valence-corrected chi connectivity index (χ0v) is 14.6. The first-order valence-corrected chi connectivity index (χ1v) is 8.03. The minimum atomic E-state index is -0.601. The molecule has 0 bridgehead atoms. The Kier molecular flexibility index (Phi) is 8.69. The lowest BCUT2D eigenvalue weighted by atomic mass is 10.2. The number of anilines is 1. The van der Waals surface area contributed by atoms with Crippen molar-refractivity contribution in [2.24, 2.45) is 0 Å². The van der Waals surface area contributed by atoms with Crippen molar-refractivity contribution >= 4 is 23.2 Å². The van der Waals surface area contributed by atoms with Crippen LogP contribution in [0.2, 0.25) is 0 Å². The Balaban J connectivity index is 2.45. The maximum absolute atomic E-state index is 11.0. The van der Waals surface area contributed by atoms with Gasteiger partial charge < -0.3 is 15.2 Å². The normalized spacial score (nSPS) is 12.8. The number of ether oxygens (including phenoxy) is 1. The number of benzene rings is 1. The number of nitrogens with one attached hydrogen (secondary N) is 1. The standard InChI is InChI=1S/C17H25ClN2O3/c1-13(2)20(10-4-9-18)11-16(22)12-23-17-7-5-15(6-8-17)19-14(3)21/h4-9,13,16,22H,10-12H2,1-3H3,(H,19,21). The summed E-state index contributed by atoms with van der Waals surface area (Å²) in [4.78, 5) is 13.1. The lowest BCUT2D eigenvalue weighted by Crippen LogP contribution is -2.39. The van der Waals surface area contributed by atoms with Gasteiger partial charge in [0.1, 0.15) is 18.5 Å². The zero-order chi connectivity index (χ0) is 17.2. The molecule has 1 rings (SSSR count). The summed E-state index contributed by atoms with van der Waals surface area (Å²) < 4.78 is 5.58. The maximum atomic E-state index is 11.0. The van der Waals surface area contributed by atoms with Crippen molar-refractivity contribution in [2.75, 3.05) is 25.0 Å². The lowest BCUT2D eigenvalue weighted by Gasteiger charge is -2.27. The van der Waals surface area contributed by atoms with Gasteiger partial charge in [0.05, 0.1) is 0 Å². The van der Waals surface area contributed by atoms with Crippen LogP contribution < -0.4 is 10.1 Å². The molecule has 0 radical (unpaired) electrons. The molecule has 0 saturated heterocycles. The van der Waals surface area contributed by atoms with E-state index < -0.39 is 6.10 Å². The van der Waals surface area contributed by atoms with Crippen LogP contribution in [0.5, 0.6) is 5.75 Å². The highest BCUT2D eigenvalue weighted by atomic mass is 35.5. The molecule has 1 unspecified atom stereocenters. The molecule has 128 valence electrons. The molecule has 0 aliphatic rings. The topological polar surface area (TPSA) is 61.8 Å². The molecule has 1 amide bonds. The van der Waals surface area contributed by atoms with Gasteiger partial charge >= 0.3 is 0 Å². The third-order valence-corrected chi connectivity index (χ3v) is 3.40. The number of nitrogens with zero attached hydrogens (tertiary/aromatic N) is 1. The van der Waals surface area contributed by atoms with E-state index in [0.717, 1.165) is 0 Å². The summed E-state index contributed by atoms with van der Waals surface area (Å²) in [5.41, 5.74) is 2.19. The van der Waals surface area contributed by atoms with E-state index in [9.17, 15) is 9.90 Å². The Labute approximate surface area is 142 Å². The third-order valence-electron chi connectivity index (χ3n) is 3.22. The van der Waals surface area contributed by atoms with Gasteiger partial charge in [-0.2, -0.15) is 0 Å². The van der Waals surface area contributed by atoms with Crippen LogP contribution in [-0.2, 0) is 4.79 Å². The largest absolute Gasteiger partial charge is 0.491 e. The van der Waals surface area contributed by atoms with Crippen molar-refractivity contribution in [1.29, 1.82) is 0 Å². The Hall–Kier alpha value is -1.56. The SMILES string of the molecule is CC(=O)Nc1ccc(OCC(O)CN(CC=CCl)C(C)C)cc1. The Bertz CT molecular complexity index is 503. The van der Waals surface area contributed by atoms with Gasteiger partial charge in [0.15, 0.2) is 0 Å². The smallest absolute Gasteiger partial charge is 0.221 e. The fraction of sp³-hybridized carbons (Fsp3) is 0.471. The summed E-state index contributed by atoms with van der Waals surface area (Å²) in [5, 5.41) is 12.8. The van der Waals surface area contributed by atoms with Crippen LogP contribution in [-0.4, -0.2) is 47.8 Å². The minimum Gasteiger partial charge on any atom is -0.491 e. The average Bonchev–Trinajstić information content (AvgIpc) is 2.50. The van der Waals surface area contributed by atoms with Crippen LogP contribution in [0.3, 0.4) is 0 Å². The number of aliphatic hydroxyl groups excluding tert-OH is 1.